The van der Waals surface area contributed by atoms with Crippen molar-refractivity contribution in [2.75, 3.05) is 6.61 Å². The molecule has 2 aromatic rings. The van der Waals surface area contributed by atoms with Gasteiger partial charge in [-0.2, -0.15) is 5.10 Å². The molecule has 8 nitrogen and oxygen atoms in total. The number of nitrogens with one attached hydrogen (secondary N) is 1. The van der Waals surface area contributed by atoms with E-state index in [0.29, 0.717) is 0 Å². The molecule has 1 aliphatic carbocycles. The molecule has 1 fully saturated rings. The summed E-state index contributed by atoms with van der Waals surface area (Å²) in [7, 11) is 0. The predicted octanol–water partition coefficient (Wildman–Crippen LogP) is 3.23. The van der Waals surface area contributed by atoms with Crippen LogP contribution in [-0.4, -0.2) is 50.7 Å². The lowest BCUT2D eigenvalue weighted by atomic mass is 9.91. The fourth-order valence-corrected chi connectivity index (χ4v) is 4.78. The highest BCUT2D eigenvalue weighted by Crippen LogP contribution is 2.30. The number of carbonyl (C=O) groups is 3. The van der Waals surface area contributed by atoms with Crippen LogP contribution in [0.5, 0.6) is 0 Å². The summed E-state index contributed by atoms with van der Waals surface area (Å²) in [6.07, 6.45) is 5.29. The zero-order valence-corrected chi connectivity index (χ0v) is 19.6. The molecule has 33 heavy (non-hydrogen) atoms. The third kappa shape index (κ3) is 4.65. The molecule has 1 aromatic carbocycles. The van der Waals surface area contributed by atoms with E-state index in [-0.39, 0.29) is 48.9 Å². The van der Waals surface area contributed by atoms with Gasteiger partial charge in [0.25, 0.3) is 5.91 Å². The molecule has 0 spiro atoms. The Morgan fingerprint density at radius 1 is 1.21 bits per heavy atom. The lowest BCUT2D eigenvalue weighted by molar-refractivity contribution is -0.134. The summed E-state index contributed by atoms with van der Waals surface area (Å²) >= 11 is 0. The maximum Gasteiger partial charge on any atom is 0.358 e. The van der Waals surface area contributed by atoms with Crippen molar-refractivity contribution < 1.29 is 19.1 Å². The predicted molar refractivity (Wildman–Crippen MR) is 123 cm³/mol. The first-order valence-electron chi connectivity index (χ1n) is 11.8. The molecular weight excluding hydrogens is 420 g/mol. The standard InChI is InChI=1S/C25H32N4O4/c1-4-33-23(31)20-14-21-22(30)28(15-18-10-8-9-17(2)13-18)25(3,16-29(21)27-20)24(32)26-19-11-6-5-7-12-19/h8-10,13-14,19H,4-7,11-12,15-16H2,1-3H3,(H,26,32)/t25-/m0/s1. The molecule has 1 atom stereocenters. The molecule has 176 valence electrons. The van der Waals surface area contributed by atoms with Gasteiger partial charge in [0, 0.05) is 18.7 Å². The van der Waals surface area contributed by atoms with E-state index >= 15 is 0 Å². The number of fused-ring (bicyclic) bond motifs is 1. The van der Waals surface area contributed by atoms with Gasteiger partial charge < -0.3 is 15.0 Å². The Morgan fingerprint density at radius 3 is 2.67 bits per heavy atom. The van der Waals surface area contributed by atoms with Crippen molar-refractivity contribution in [3.05, 3.63) is 52.8 Å². The molecule has 8 heteroatoms. The number of aromatic nitrogens is 2. The van der Waals surface area contributed by atoms with Crippen LogP contribution in [-0.2, 0) is 22.6 Å². The van der Waals surface area contributed by atoms with Gasteiger partial charge in [-0.15, -0.1) is 0 Å². The van der Waals surface area contributed by atoms with Gasteiger partial charge in [-0.1, -0.05) is 49.1 Å². The van der Waals surface area contributed by atoms with Crippen LogP contribution in [0.2, 0.25) is 0 Å². The fourth-order valence-electron chi connectivity index (χ4n) is 4.78. The SMILES string of the molecule is CCOC(=O)c1cc2n(n1)C[C@@](C)(C(=O)NC1CCCCC1)N(Cc1cccc(C)c1)C2=O. The number of hydrogen-bond donors (Lipinski definition) is 1. The van der Waals surface area contributed by atoms with Crippen molar-refractivity contribution in [3.8, 4) is 0 Å². The van der Waals surface area contributed by atoms with Crippen molar-refractivity contribution in [2.24, 2.45) is 0 Å². The van der Waals surface area contributed by atoms with Crippen LogP contribution in [0.25, 0.3) is 0 Å². The van der Waals surface area contributed by atoms with E-state index in [2.05, 4.69) is 10.4 Å². The Balaban J connectivity index is 1.68. The summed E-state index contributed by atoms with van der Waals surface area (Å²) in [6.45, 7) is 6.17. The minimum atomic E-state index is -1.15. The molecule has 1 N–H and O–H groups in total. The Hall–Kier alpha value is -3.16. The summed E-state index contributed by atoms with van der Waals surface area (Å²) in [6, 6.07) is 9.49. The van der Waals surface area contributed by atoms with Crippen LogP contribution in [0.15, 0.2) is 30.3 Å². The van der Waals surface area contributed by atoms with E-state index in [0.717, 1.165) is 36.8 Å². The second kappa shape index (κ2) is 9.37. The minimum Gasteiger partial charge on any atom is -0.461 e. The van der Waals surface area contributed by atoms with E-state index in [9.17, 15) is 14.4 Å². The molecule has 0 radical (unpaired) electrons. The van der Waals surface area contributed by atoms with Crippen molar-refractivity contribution in [2.45, 2.75) is 77.5 Å². The number of amides is 2. The molecule has 0 saturated heterocycles. The largest absolute Gasteiger partial charge is 0.461 e. The molecule has 0 bridgehead atoms. The first-order chi connectivity index (χ1) is 15.8. The van der Waals surface area contributed by atoms with Crippen LogP contribution in [0.3, 0.4) is 0 Å². The van der Waals surface area contributed by atoms with Gasteiger partial charge in [-0.3, -0.25) is 14.3 Å². The number of carbonyl (C=O) groups excluding carboxylic acids is 3. The first-order valence-corrected chi connectivity index (χ1v) is 11.8. The number of rotatable bonds is 6. The maximum atomic E-state index is 13.6. The lowest BCUT2D eigenvalue weighted by Gasteiger charge is -2.44. The van der Waals surface area contributed by atoms with Gasteiger partial charge in [-0.25, -0.2) is 4.79 Å². The Labute approximate surface area is 194 Å². The van der Waals surface area contributed by atoms with Gasteiger partial charge in [0.2, 0.25) is 5.91 Å². The number of nitrogens with zero attached hydrogens (tertiary/aromatic N) is 3. The summed E-state index contributed by atoms with van der Waals surface area (Å²) in [5.41, 5.74) is 1.24. The molecular formula is C25H32N4O4. The number of esters is 1. The Kier molecular flexibility index (Phi) is 6.54. The van der Waals surface area contributed by atoms with E-state index in [1.54, 1.807) is 18.7 Å². The van der Waals surface area contributed by atoms with Gasteiger partial charge >= 0.3 is 5.97 Å². The smallest absolute Gasteiger partial charge is 0.358 e. The number of hydrogen-bond acceptors (Lipinski definition) is 5. The molecule has 4 rings (SSSR count). The van der Waals surface area contributed by atoms with Crippen LogP contribution in [0, 0.1) is 6.92 Å². The highest BCUT2D eigenvalue weighted by molar-refractivity contribution is 6.01. The zero-order chi connectivity index (χ0) is 23.6. The van der Waals surface area contributed by atoms with Crippen LogP contribution >= 0.6 is 0 Å². The zero-order valence-electron chi connectivity index (χ0n) is 19.6. The summed E-state index contributed by atoms with van der Waals surface area (Å²) in [5, 5.41) is 7.51. The van der Waals surface area contributed by atoms with Crippen molar-refractivity contribution in [1.82, 2.24) is 20.0 Å². The topological polar surface area (TPSA) is 93.5 Å². The van der Waals surface area contributed by atoms with E-state index < -0.39 is 11.5 Å². The quantitative estimate of drug-likeness (QED) is 0.679. The minimum absolute atomic E-state index is 0.0765. The molecule has 0 unspecified atom stereocenters. The average molecular weight is 453 g/mol. The van der Waals surface area contributed by atoms with Crippen LogP contribution in [0.4, 0.5) is 0 Å². The van der Waals surface area contributed by atoms with Gasteiger partial charge in [0.05, 0.1) is 13.2 Å². The lowest BCUT2D eigenvalue weighted by Crippen LogP contribution is -2.64. The van der Waals surface area contributed by atoms with E-state index in [1.807, 2.05) is 31.2 Å². The van der Waals surface area contributed by atoms with Crippen molar-refractivity contribution >= 4 is 17.8 Å². The van der Waals surface area contributed by atoms with Crippen LogP contribution < -0.4 is 5.32 Å². The first kappa shape index (κ1) is 23.0. The molecule has 1 aromatic heterocycles. The third-order valence-electron chi connectivity index (χ3n) is 6.63. The molecule has 2 heterocycles. The maximum absolute atomic E-state index is 13.6. The average Bonchev–Trinajstić information content (AvgIpc) is 3.21. The highest BCUT2D eigenvalue weighted by atomic mass is 16.5. The number of ether oxygens (including phenoxy) is 1. The Bertz CT molecular complexity index is 1060. The molecule has 1 saturated carbocycles. The number of aryl methyl sites for hydroxylation is 1. The second-order valence-electron chi connectivity index (χ2n) is 9.26. The van der Waals surface area contributed by atoms with E-state index in [4.69, 9.17) is 4.74 Å². The molecule has 1 aliphatic heterocycles. The monoisotopic (exact) mass is 452 g/mol. The highest BCUT2D eigenvalue weighted by Gasteiger charge is 2.48. The van der Waals surface area contributed by atoms with Gasteiger partial charge in [-0.05, 0) is 39.2 Å². The summed E-state index contributed by atoms with van der Waals surface area (Å²) < 4.78 is 6.53. The fraction of sp³-hybridized carbons (Fsp3) is 0.520. The summed E-state index contributed by atoms with van der Waals surface area (Å²) in [4.78, 5) is 41.1. The summed E-state index contributed by atoms with van der Waals surface area (Å²) in [5.74, 6) is -1.09. The van der Waals surface area contributed by atoms with Gasteiger partial charge in [0.15, 0.2) is 5.69 Å². The van der Waals surface area contributed by atoms with E-state index in [1.165, 1.54) is 17.2 Å². The van der Waals surface area contributed by atoms with Crippen molar-refractivity contribution in [1.29, 1.82) is 0 Å². The van der Waals surface area contributed by atoms with Crippen molar-refractivity contribution in [3.63, 3.8) is 0 Å². The Morgan fingerprint density at radius 2 is 1.97 bits per heavy atom. The number of benzene rings is 1. The third-order valence-corrected chi connectivity index (χ3v) is 6.63. The normalized spacial score (nSPS) is 20.9. The second-order valence-corrected chi connectivity index (χ2v) is 9.26. The van der Waals surface area contributed by atoms with Crippen LogP contribution in [0.1, 0.15) is 78.1 Å². The van der Waals surface area contributed by atoms with Gasteiger partial charge in [0.1, 0.15) is 11.2 Å². The molecule has 2 amide bonds. The molecule has 2 aliphatic rings.